The molecule has 31 heavy (non-hydrogen) atoms. The van der Waals surface area contributed by atoms with Gasteiger partial charge in [-0.2, -0.15) is 0 Å². The zero-order valence-corrected chi connectivity index (χ0v) is 17.4. The summed E-state index contributed by atoms with van der Waals surface area (Å²) in [7, 11) is 0. The van der Waals surface area contributed by atoms with Crippen LogP contribution in [-0.4, -0.2) is 39.6 Å². The van der Waals surface area contributed by atoms with Crippen LogP contribution in [0.25, 0.3) is 0 Å². The predicted molar refractivity (Wildman–Crippen MR) is 119 cm³/mol. The SMILES string of the molecule is C=CCN1C(=O)C(CC(=O)Nc2ccc(F)cc2)SC1=NNC(=O)Cc1ccccc1. The molecule has 3 amide bonds. The first-order chi connectivity index (χ1) is 15.0. The van der Waals surface area contributed by atoms with Crippen LogP contribution in [0, 0.1) is 5.82 Å². The summed E-state index contributed by atoms with van der Waals surface area (Å²) in [6.45, 7) is 3.84. The molecular formula is C22H21FN4O3S. The highest BCUT2D eigenvalue weighted by Gasteiger charge is 2.38. The minimum Gasteiger partial charge on any atom is -0.326 e. The van der Waals surface area contributed by atoms with Crippen molar-refractivity contribution in [3.8, 4) is 0 Å². The molecule has 0 saturated carbocycles. The van der Waals surface area contributed by atoms with E-state index in [1.807, 2.05) is 30.3 Å². The third-order valence-corrected chi connectivity index (χ3v) is 5.49. The molecule has 9 heteroatoms. The van der Waals surface area contributed by atoms with Crippen molar-refractivity contribution in [1.82, 2.24) is 10.3 Å². The van der Waals surface area contributed by atoms with Crippen LogP contribution in [0.4, 0.5) is 10.1 Å². The lowest BCUT2D eigenvalue weighted by atomic mass is 10.1. The maximum absolute atomic E-state index is 13.0. The molecule has 0 radical (unpaired) electrons. The largest absolute Gasteiger partial charge is 0.326 e. The topological polar surface area (TPSA) is 90.9 Å². The van der Waals surface area contributed by atoms with Gasteiger partial charge in [0.1, 0.15) is 11.1 Å². The van der Waals surface area contributed by atoms with Crippen molar-refractivity contribution in [2.45, 2.75) is 18.1 Å². The van der Waals surface area contributed by atoms with Gasteiger partial charge in [-0.1, -0.05) is 48.2 Å². The maximum atomic E-state index is 13.0. The van der Waals surface area contributed by atoms with E-state index >= 15 is 0 Å². The van der Waals surface area contributed by atoms with Gasteiger partial charge in [-0.3, -0.25) is 19.3 Å². The molecule has 0 spiro atoms. The lowest BCUT2D eigenvalue weighted by Crippen LogP contribution is -2.34. The zero-order valence-electron chi connectivity index (χ0n) is 16.6. The fourth-order valence-electron chi connectivity index (χ4n) is 2.87. The number of rotatable bonds is 8. The number of thioether (sulfide) groups is 1. The number of amidine groups is 1. The third kappa shape index (κ3) is 6.26. The smallest absolute Gasteiger partial charge is 0.244 e. The van der Waals surface area contributed by atoms with Crippen molar-refractivity contribution >= 4 is 40.3 Å². The second-order valence-corrected chi connectivity index (χ2v) is 7.86. The highest BCUT2D eigenvalue weighted by Crippen LogP contribution is 2.29. The second kappa shape index (κ2) is 10.5. The lowest BCUT2D eigenvalue weighted by Gasteiger charge is -2.13. The van der Waals surface area contributed by atoms with Crippen LogP contribution in [0.15, 0.2) is 72.4 Å². The van der Waals surface area contributed by atoms with E-state index in [0.717, 1.165) is 17.3 Å². The van der Waals surface area contributed by atoms with Crippen LogP contribution in [-0.2, 0) is 20.8 Å². The van der Waals surface area contributed by atoms with Crippen molar-refractivity contribution in [1.29, 1.82) is 0 Å². The first kappa shape index (κ1) is 22.2. The average molecular weight is 441 g/mol. The van der Waals surface area contributed by atoms with E-state index in [0.29, 0.717) is 10.9 Å². The number of anilines is 1. The molecule has 160 valence electrons. The Balaban J connectivity index is 1.61. The Morgan fingerprint density at radius 3 is 2.52 bits per heavy atom. The van der Waals surface area contributed by atoms with Gasteiger partial charge in [-0.25, -0.2) is 9.82 Å². The summed E-state index contributed by atoms with van der Waals surface area (Å²) in [6.07, 6.45) is 1.60. The van der Waals surface area contributed by atoms with Crippen molar-refractivity contribution in [2.75, 3.05) is 11.9 Å². The molecule has 2 aromatic rings. The van der Waals surface area contributed by atoms with Crippen LogP contribution in [0.3, 0.4) is 0 Å². The van der Waals surface area contributed by atoms with E-state index in [4.69, 9.17) is 0 Å². The van der Waals surface area contributed by atoms with Gasteiger partial charge in [-0.05, 0) is 29.8 Å². The number of amides is 3. The van der Waals surface area contributed by atoms with Gasteiger partial charge < -0.3 is 5.32 Å². The fraction of sp³-hybridized carbons (Fsp3) is 0.182. The number of hydrogen-bond donors (Lipinski definition) is 2. The van der Waals surface area contributed by atoms with Crippen LogP contribution >= 0.6 is 11.8 Å². The summed E-state index contributed by atoms with van der Waals surface area (Å²) in [5.74, 6) is -1.40. The van der Waals surface area contributed by atoms with Gasteiger partial charge in [0.2, 0.25) is 17.7 Å². The Bertz CT molecular complexity index is 996. The van der Waals surface area contributed by atoms with Crippen molar-refractivity contribution in [3.05, 3.63) is 78.6 Å². The summed E-state index contributed by atoms with van der Waals surface area (Å²) in [5.41, 5.74) is 3.74. The number of carbonyl (C=O) groups excluding carboxylic acids is 3. The van der Waals surface area contributed by atoms with Crippen LogP contribution < -0.4 is 10.7 Å². The minimum absolute atomic E-state index is 0.0918. The van der Waals surface area contributed by atoms with Gasteiger partial charge >= 0.3 is 0 Å². The average Bonchev–Trinajstić information content (AvgIpc) is 3.04. The molecule has 1 saturated heterocycles. The number of carbonyl (C=O) groups is 3. The van der Waals surface area contributed by atoms with Gasteiger partial charge in [-0.15, -0.1) is 11.7 Å². The Hall–Kier alpha value is -3.46. The molecule has 0 aliphatic carbocycles. The van der Waals surface area contributed by atoms with Crippen molar-refractivity contribution in [3.63, 3.8) is 0 Å². The zero-order chi connectivity index (χ0) is 22.2. The second-order valence-electron chi connectivity index (χ2n) is 6.69. The van der Waals surface area contributed by atoms with E-state index in [9.17, 15) is 18.8 Å². The molecule has 1 atom stereocenters. The summed E-state index contributed by atoms with van der Waals surface area (Å²) < 4.78 is 13.0. The highest BCUT2D eigenvalue weighted by molar-refractivity contribution is 8.15. The first-order valence-corrected chi connectivity index (χ1v) is 10.4. The minimum atomic E-state index is -0.690. The molecule has 1 unspecified atom stereocenters. The number of nitrogens with zero attached hydrogens (tertiary/aromatic N) is 2. The number of nitrogens with one attached hydrogen (secondary N) is 2. The maximum Gasteiger partial charge on any atom is 0.244 e. The summed E-state index contributed by atoms with van der Waals surface area (Å²) in [4.78, 5) is 38.6. The predicted octanol–water partition coefficient (Wildman–Crippen LogP) is 2.91. The van der Waals surface area contributed by atoms with Gasteiger partial charge in [0, 0.05) is 18.7 Å². The molecule has 1 heterocycles. The summed E-state index contributed by atoms with van der Waals surface area (Å²) in [6, 6.07) is 14.6. The van der Waals surface area contributed by atoms with E-state index < -0.39 is 11.1 Å². The van der Waals surface area contributed by atoms with Gasteiger partial charge in [0.05, 0.1) is 6.42 Å². The number of hydrazone groups is 1. The van der Waals surface area contributed by atoms with Crippen LogP contribution in [0.1, 0.15) is 12.0 Å². The van der Waals surface area contributed by atoms with Crippen molar-refractivity contribution < 1.29 is 18.8 Å². The van der Waals surface area contributed by atoms with E-state index in [2.05, 4.69) is 22.4 Å². The first-order valence-electron chi connectivity index (χ1n) is 9.51. The lowest BCUT2D eigenvalue weighted by molar-refractivity contribution is -0.128. The fourth-order valence-corrected chi connectivity index (χ4v) is 3.97. The van der Waals surface area contributed by atoms with Crippen LogP contribution in [0.5, 0.6) is 0 Å². The Morgan fingerprint density at radius 1 is 1.13 bits per heavy atom. The third-order valence-electron chi connectivity index (χ3n) is 4.31. The molecule has 0 bridgehead atoms. The van der Waals surface area contributed by atoms with Crippen LogP contribution in [0.2, 0.25) is 0 Å². The molecule has 2 aromatic carbocycles. The Morgan fingerprint density at radius 2 is 1.84 bits per heavy atom. The Labute approximate surface area is 183 Å². The molecular weight excluding hydrogens is 419 g/mol. The molecule has 7 nitrogen and oxygen atoms in total. The molecule has 1 aliphatic rings. The quantitative estimate of drug-likeness (QED) is 0.488. The number of hydrogen-bond acceptors (Lipinski definition) is 5. The monoisotopic (exact) mass is 440 g/mol. The highest BCUT2D eigenvalue weighted by atomic mass is 32.2. The summed E-state index contributed by atoms with van der Waals surface area (Å²) in [5, 5.41) is 6.33. The van der Waals surface area contributed by atoms with Crippen molar-refractivity contribution in [2.24, 2.45) is 5.10 Å². The van der Waals surface area contributed by atoms with E-state index in [1.54, 1.807) is 6.08 Å². The normalized spacial score (nSPS) is 16.9. The number of benzene rings is 2. The molecule has 2 N–H and O–H groups in total. The molecule has 3 rings (SSSR count). The molecule has 0 aromatic heterocycles. The van der Waals surface area contributed by atoms with E-state index in [1.165, 1.54) is 29.2 Å². The number of halogens is 1. The standard InChI is InChI=1S/C22H21FN4O3S/c1-2-12-27-21(30)18(14-19(28)24-17-10-8-16(23)9-11-17)31-22(27)26-25-20(29)13-15-6-4-3-5-7-15/h2-11,18H,1,12-14H2,(H,24,28)(H,25,29). The molecule has 1 aliphatic heterocycles. The summed E-state index contributed by atoms with van der Waals surface area (Å²) >= 11 is 1.10. The van der Waals surface area contributed by atoms with Gasteiger partial charge in [0.25, 0.3) is 0 Å². The van der Waals surface area contributed by atoms with E-state index in [-0.39, 0.29) is 37.1 Å². The molecule has 1 fully saturated rings. The Kier molecular flexibility index (Phi) is 7.55. The van der Waals surface area contributed by atoms with Gasteiger partial charge in [0.15, 0.2) is 5.17 Å².